The lowest BCUT2D eigenvalue weighted by Crippen LogP contribution is -2.24. The summed E-state index contributed by atoms with van der Waals surface area (Å²) in [7, 11) is 1.63. The summed E-state index contributed by atoms with van der Waals surface area (Å²) in [6.07, 6.45) is 4.56. The number of nitrogens with one attached hydrogen (secondary N) is 2. The molecule has 5 heteroatoms. The predicted molar refractivity (Wildman–Crippen MR) is 87.1 cm³/mol. The molecule has 0 radical (unpaired) electrons. The number of rotatable bonds is 8. The molecule has 0 fully saturated rings. The molecule has 1 amide bonds. The lowest BCUT2D eigenvalue weighted by Gasteiger charge is -2.02. The van der Waals surface area contributed by atoms with Gasteiger partial charge in [-0.05, 0) is 24.6 Å². The maximum atomic E-state index is 12.0. The number of benzene rings is 1. The lowest BCUT2D eigenvalue weighted by molar-refractivity contribution is 0.0948. The van der Waals surface area contributed by atoms with Gasteiger partial charge in [-0.2, -0.15) is 5.10 Å². The second-order valence-corrected chi connectivity index (χ2v) is 5.22. The van der Waals surface area contributed by atoms with Gasteiger partial charge in [0.1, 0.15) is 11.4 Å². The molecular formula is C17H23N3O2. The van der Waals surface area contributed by atoms with E-state index in [-0.39, 0.29) is 5.91 Å². The van der Waals surface area contributed by atoms with E-state index in [0.717, 1.165) is 29.8 Å². The summed E-state index contributed by atoms with van der Waals surface area (Å²) >= 11 is 0. The number of methoxy groups -OCH3 is 1. The first-order chi connectivity index (χ1) is 10.7. The minimum Gasteiger partial charge on any atom is -0.497 e. The summed E-state index contributed by atoms with van der Waals surface area (Å²) in [5.74, 6) is 0.653. The highest BCUT2D eigenvalue weighted by Gasteiger charge is 2.10. The third-order valence-corrected chi connectivity index (χ3v) is 3.50. The zero-order valence-corrected chi connectivity index (χ0v) is 13.2. The Morgan fingerprint density at radius 1 is 1.27 bits per heavy atom. The van der Waals surface area contributed by atoms with E-state index in [0.29, 0.717) is 12.2 Å². The smallest absolute Gasteiger partial charge is 0.269 e. The maximum Gasteiger partial charge on any atom is 0.269 e. The molecular weight excluding hydrogens is 278 g/mol. The van der Waals surface area contributed by atoms with Crippen LogP contribution in [-0.4, -0.2) is 29.8 Å². The number of unbranched alkanes of at least 4 members (excludes halogenated alkanes) is 3. The van der Waals surface area contributed by atoms with Crippen LogP contribution in [0.15, 0.2) is 30.3 Å². The number of carbonyl (C=O) groups excluding carboxylic acids is 1. The van der Waals surface area contributed by atoms with Gasteiger partial charge in [0.15, 0.2) is 0 Å². The van der Waals surface area contributed by atoms with Crippen LogP contribution in [-0.2, 0) is 0 Å². The number of hydrogen-bond donors (Lipinski definition) is 2. The minimum atomic E-state index is -0.113. The van der Waals surface area contributed by atoms with Crippen molar-refractivity contribution in [3.05, 3.63) is 36.0 Å². The van der Waals surface area contributed by atoms with Crippen molar-refractivity contribution in [3.63, 3.8) is 0 Å². The van der Waals surface area contributed by atoms with Crippen molar-refractivity contribution in [1.82, 2.24) is 15.5 Å². The van der Waals surface area contributed by atoms with E-state index in [2.05, 4.69) is 22.4 Å². The van der Waals surface area contributed by atoms with Crippen LogP contribution in [0.3, 0.4) is 0 Å². The Kier molecular flexibility index (Phi) is 6.01. The van der Waals surface area contributed by atoms with Crippen molar-refractivity contribution >= 4 is 5.91 Å². The molecule has 0 spiro atoms. The zero-order valence-electron chi connectivity index (χ0n) is 13.2. The van der Waals surface area contributed by atoms with E-state index in [1.54, 1.807) is 13.2 Å². The van der Waals surface area contributed by atoms with E-state index in [1.165, 1.54) is 12.8 Å². The Hall–Kier alpha value is -2.30. The van der Waals surface area contributed by atoms with Gasteiger partial charge < -0.3 is 10.1 Å². The number of nitrogens with zero attached hydrogens (tertiary/aromatic N) is 1. The molecule has 2 N–H and O–H groups in total. The molecule has 0 unspecified atom stereocenters. The van der Waals surface area contributed by atoms with Crippen LogP contribution in [0, 0.1) is 0 Å². The number of amides is 1. The van der Waals surface area contributed by atoms with Crippen LogP contribution >= 0.6 is 0 Å². The molecule has 1 heterocycles. The maximum absolute atomic E-state index is 12.0. The first-order valence-corrected chi connectivity index (χ1v) is 7.72. The number of H-pyrrole nitrogens is 1. The Bertz CT molecular complexity index is 607. The van der Waals surface area contributed by atoms with Crippen molar-refractivity contribution in [2.75, 3.05) is 13.7 Å². The largest absolute Gasteiger partial charge is 0.497 e. The predicted octanol–water partition coefficient (Wildman–Crippen LogP) is 3.40. The van der Waals surface area contributed by atoms with E-state index in [4.69, 9.17) is 4.74 Å². The molecule has 0 aliphatic heterocycles. The van der Waals surface area contributed by atoms with Gasteiger partial charge in [0.25, 0.3) is 5.91 Å². The summed E-state index contributed by atoms with van der Waals surface area (Å²) in [5.41, 5.74) is 2.13. The Morgan fingerprint density at radius 2 is 2.14 bits per heavy atom. The Morgan fingerprint density at radius 3 is 2.91 bits per heavy atom. The monoisotopic (exact) mass is 301 g/mol. The number of ether oxygens (including phenoxy) is 1. The van der Waals surface area contributed by atoms with Gasteiger partial charge in [-0.25, -0.2) is 0 Å². The van der Waals surface area contributed by atoms with Gasteiger partial charge >= 0.3 is 0 Å². The molecule has 0 saturated heterocycles. The summed E-state index contributed by atoms with van der Waals surface area (Å²) in [4.78, 5) is 12.0. The summed E-state index contributed by atoms with van der Waals surface area (Å²) in [5, 5.41) is 9.90. The third kappa shape index (κ3) is 4.35. The topological polar surface area (TPSA) is 67.0 Å². The van der Waals surface area contributed by atoms with E-state index >= 15 is 0 Å². The normalized spacial score (nSPS) is 10.5. The van der Waals surface area contributed by atoms with Gasteiger partial charge in [-0.1, -0.05) is 38.3 Å². The van der Waals surface area contributed by atoms with Crippen molar-refractivity contribution < 1.29 is 9.53 Å². The van der Waals surface area contributed by atoms with Crippen molar-refractivity contribution in [2.45, 2.75) is 32.6 Å². The fourth-order valence-electron chi connectivity index (χ4n) is 2.22. The second kappa shape index (κ2) is 8.22. The number of aromatic amines is 1. The molecule has 1 aromatic carbocycles. The van der Waals surface area contributed by atoms with Crippen LogP contribution in [0.1, 0.15) is 43.1 Å². The minimum absolute atomic E-state index is 0.113. The number of hydrogen-bond acceptors (Lipinski definition) is 3. The van der Waals surface area contributed by atoms with E-state index in [9.17, 15) is 4.79 Å². The molecule has 0 atom stereocenters. The lowest BCUT2D eigenvalue weighted by atomic mass is 10.1. The summed E-state index contributed by atoms with van der Waals surface area (Å²) in [6, 6.07) is 9.36. The molecule has 5 nitrogen and oxygen atoms in total. The number of carbonyl (C=O) groups is 1. The Labute approximate surface area is 131 Å². The van der Waals surface area contributed by atoms with Crippen LogP contribution < -0.4 is 10.1 Å². The zero-order chi connectivity index (χ0) is 15.8. The van der Waals surface area contributed by atoms with E-state index in [1.807, 2.05) is 24.3 Å². The summed E-state index contributed by atoms with van der Waals surface area (Å²) in [6.45, 7) is 2.87. The fraction of sp³-hybridized carbons (Fsp3) is 0.412. The van der Waals surface area contributed by atoms with Crippen LogP contribution in [0.25, 0.3) is 11.3 Å². The molecule has 22 heavy (non-hydrogen) atoms. The molecule has 118 valence electrons. The molecule has 1 aromatic heterocycles. The van der Waals surface area contributed by atoms with Crippen molar-refractivity contribution in [1.29, 1.82) is 0 Å². The van der Waals surface area contributed by atoms with E-state index < -0.39 is 0 Å². The summed E-state index contributed by atoms with van der Waals surface area (Å²) < 4.78 is 5.20. The first-order valence-electron chi connectivity index (χ1n) is 7.72. The average molecular weight is 301 g/mol. The molecule has 2 rings (SSSR count). The first kappa shape index (κ1) is 16.1. The van der Waals surface area contributed by atoms with Crippen molar-refractivity contribution in [3.8, 4) is 17.0 Å². The van der Waals surface area contributed by atoms with Gasteiger partial charge in [-0.3, -0.25) is 9.89 Å². The average Bonchev–Trinajstić information content (AvgIpc) is 3.04. The van der Waals surface area contributed by atoms with Crippen LogP contribution in [0.5, 0.6) is 5.75 Å². The standard InChI is InChI=1S/C17H23N3O2/c1-3-4-5-6-10-18-17(21)16-12-15(19-20-16)13-8-7-9-14(11-13)22-2/h7-9,11-12H,3-6,10H2,1-2H3,(H,18,21)(H,19,20). The second-order valence-electron chi connectivity index (χ2n) is 5.22. The SMILES string of the molecule is CCCCCCNC(=O)c1cc(-c2cccc(OC)c2)n[nH]1. The van der Waals surface area contributed by atoms with Gasteiger partial charge in [-0.15, -0.1) is 0 Å². The van der Waals surface area contributed by atoms with Gasteiger partial charge in [0.05, 0.1) is 12.8 Å². The van der Waals surface area contributed by atoms with Crippen LogP contribution in [0.2, 0.25) is 0 Å². The third-order valence-electron chi connectivity index (χ3n) is 3.50. The quantitative estimate of drug-likeness (QED) is 0.734. The molecule has 0 saturated carbocycles. The number of aromatic nitrogens is 2. The fourth-order valence-corrected chi connectivity index (χ4v) is 2.22. The van der Waals surface area contributed by atoms with Gasteiger partial charge in [0.2, 0.25) is 0 Å². The molecule has 0 aliphatic rings. The highest BCUT2D eigenvalue weighted by Crippen LogP contribution is 2.22. The molecule has 0 bridgehead atoms. The Balaban J connectivity index is 1.94. The molecule has 0 aliphatic carbocycles. The van der Waals surface area contributed by atoms with Gasteiger partial charge in [0, 0.05) is 12.1 Å². The van der Waals surface area contributed by atoms with Crippen LogP contribution in [0.4, 0.5) is 0 Å². The highest BCUT2D eigenvalue weighted by molar-refractivity contribution is 5.93. The van der Waals surface area contributed by atoms with Crippen molar-refractivity contribution in [2.24, 2.45) is 0 Å². The molecule has 2 aromatic rings. The highest BCUT2D eigenvalue weighted by atomic mass is 16.5.